The molecular formula is C13H12O3. The summed E-state index contributed by atoms with van der Waals surface area (Å²) in [5.74, 6) is -1.48. The number of carboxylic acid groups (broad SMARTS) is 1. The first-order valence-corrected chi connectivity index (χ1v) is 5.15. The zero-order valence-corrected chi connectivity index (χ0v) is 9.15. The standard InChI is InChI=1S/C13H12O3/c1-7(2)10-8-5-3-4-6-9(8)12(14)11(10)13(15)16/h3-7H,1-2H3,(H,15,16). The van der Waals surface area contributed by atoms with Crippen LogP contribution in [-0.4, -0.2) is 16.9 Å². The average Bonchev–Trinajstić information content (AvgIpc) is 2.53. The Bertz CT molecular complexity index is 510. The molecule has 16 heavy (non-hydrogen) atoms. The molecule has 0 bridgehead atoms. The highest BCUT2D eigenvalue weighted by Gasteiger charge is 2.34. The number of aliphatic carboxylic acids is 1. The van der Waals surface area contributed by atoms with Gasteiger partial charge in [0, 0.05) is 5.56 Å². The lowest BCUT2D eigenvalue weighted by atomic mass is 9.95. The van der Waals surface area contributed by atoms with Crippen molar-refractivity contribution in [2.24, 2.45) is 5.92 Å². The summed E-state index contributed by atoms with van der Waals surface area (Å²) < 4.78 is 0. The fourth-order valence-electron chi connectivity index (χ4n) is 2.12. The molecule has 0 amide bonds. The van der Waals surface area contributed by atoms with Crippen molar-refractivity contribution in [3.05, 3.63) is 41.0 Å². The molecule has 0 heterocycles. The Balaban J connectivity index is 2.72. The number of hydrogen-bond acceptors (Lipinski definition) is 2. The maximum Gasteiger partial charge on any atom is 0.340 e. The largest absolute Gasteiger partial charge is 0.478 e. The number of hydrogen-bond donors (Lipinski definition) is 1. The van der Waals surface area contributed by atoms with Crippen LogP contribution in [0.1, 0.15) is 29.8 Å². The summed E-state index contributed by atoms with van der Waals surface area (Å²) in [5, 5.41) is 9.10. The van der Waals surface area contributed by atoms with E-state index in [1.54, 1.807) is 18.2 Å². The molecule has 3 nitrogen and oxygen atoms in total. The molecule has 1 aromatic carbocycles. The summed E-state index contributed by atoms with van der Waals surface area (Å²) in [4.78, 5) is 23.0. The maximum absolute atomic E-state index is 11.9. The van der Waals surface area contributed by atoms with Gasteiger partial charge in [0.15, 0.2) is 0 Å². The van der Waals surface area contributed by atoms with Gasteiger partial charge in [0.25, 0.3) is 0 Å². The van der Waals surface area contributed by atoms with Crippen molar-refractivity contribution in [3.8, 4) is 0 Å². The van der Waals surface area contributed by atoms with Gasteiger partial charge in [0.05, 0.1) is 0 Å². The van der Waals surface area contributed by atoms with E-state index in [0.29, 0.717) is 11.1 Å². The number of benzene rings is 1. The highest BCUT2D eigenvalue weighted by atomic mass is 16.4. The zero-order valence-electron chi connectivity index (χ0n) is 9.15. The average molecular weight is 216 g/mol. The molecule has 3 heteroatoms. The van der Waals surface area contributed by atoms with Gasteiger partial charge in [-0.25, -0.2) is 4.79 Å². The molecule has 0 aliphatic heterocycles. The van der Waals surface area contributed by atoms with Gasteiger partial charge in [-0.1, -0.05) is 38.1 Å². The van der Waals surface area contributed by atoms with Crippen molar-refractivity contribution < 1.29 is 14.7 Å². The lowest BCUT2D eigenvalue weighted by Gasteiger charge is -2.08. The van der Waals surface area contributed by atoms with Crippen molar-refractivity contribution in [2.45, 2.75) is 13.8 Å². The molecule has 2 rings (SSSR count). The SMILES string of the molecule is CC(C)C1=C(C(=O)O)C(=O)c2ccccc21. The van der Waals surface area contributed by atoms with Gasteiger partial charge >= 0.3 is 5.97 Å². The Labute approximate surface area is 93.4 Å². The lowest BCUT2D eigenvalue weighted by molar-refractivity contribution is -0.132. The fourth-order valence-corrected chi connectivity index (χ4v) is 2.12. The molecule has 1 N–H and O–H groups in total. The van der Waals surface area contributed by atoms with Gasteiger partial charge < -0.3 is 5.11 Å². The molecule has 0 aromatic heterocycles. The third kappa shape index (κ3) is 1.36. The van der Waals surface area contributed by atoms with Gasteiger partial charge in [-0.05, 0) is 17.1 Å². The monoisotopic (exact) mass is 216 g/mol. The normalized spacial score (nSPS) is 14.6. The second kappa shape index (κ2) is 3.59. The maximum atomic E-state index is 11.9. The quantitative estimate of drug-likeness (QED) is 0.772. The Kier molecular flexibility index (Phi) is 2.38. The van der Waals surface area contributed by atoms with Gasteiger partial charge in [0.1, 0.15) is 5.57 Å². The van der Waals surface area contributed by atoms with E-state index in [0.717, 1.165) is 5.56 Å². The lowest BCUT2D eigenvalue weighted by Crippen LogP contribution is -2.10. The summed E-state index contributed by atoms with van der Waals surface area (Å²) in [7, 11) is 0. The van der Waals surface area contributed by atoms with E-state index in [2.05, 4.69) is 0 Å². The zero-order chi connectivity index (χ0) is 11.9. The third-order valence-electron chi connectivity index (χ3n) is 2.75. The second-order valence-corrected chi connectivity index (χ2v) is 4.12. The van der Waals surface area contributed by atoms with Crippen LogP contribution in [0.4, 0.5) is 0 Å². The molecule has 1 aliphatic carbocycles. The van der Waals surface area contributed by atoms with E-state index in [1.807, 2.05) is 19.9 Å². The van der Waals surface area contributed by atoms with Crippen LogP contribution in [0.25, 0.3) is 5.57 Å². The van der Waals surface area contributed by atoms with Crippen LogP contribution in [0, 0.1) is 5.92 Å². The van der Waals surface area contributed by atoms with Crippen molar-refractivity contribution >= 4 is 17.3 Å². The molecule has 0 spiro atoms. The molecular weight excluding hydrogens is 204 g/mol. The third-order valence-corrected chi connectivity index (χ3v) is 2.75. The van der Waals surface area contributed by atoms with Crippen molar-refractivity contribution in [1.82, 2.24) is 0 Å². The summed E-state index contributed by atoms with van der Waals surface area (Å²) in [5.41, 5.74) is 1.84. The summed E-state index contributed by atoms with van der Waals surface area (Å²) in [6.07, 6.45) is 0. The second-order valence-electron chi connectivity index (χ2n) is 4.12. The van der Waals surface area contributed by atoms with E-state index in [1.165, 1.54) is 0 Å². The minimum absolute atomic E-state index is 0.0266. The molecule has 0 radical (unpaired) electrons. The Morgan fingerprint density at radius 1 is 1.19 bits per heavy atom. The number of carbonyl (C=O) groups excluding carboxylic acids is 1. The summed E-state index contributed by atoms with van der Waals surface area (Å²) in [6, 6.07) is 7.05. The predicted molar refractivity (Wildman–Crippen MR) is 60.2 cm³/mol. The van der Waals surface area contributed by atoms with Crippen molar-refractivity contribution in [2.75, 3.05) is 0 Å². The fraction of sp³-hybridized carbons (Fsp3) is 0.231. The van der Waals surface area contributed by atoms with Crippen molar-refractivity contribution in [1.29, 1.82) is 0 Å². The molecule has 0 fully saturated rings. The van der Waals surface area contributed by atoms with Gasteiger partial charge in [-0.3, -0.25) is 4.79 Å². The number of carbonyl (C=O) groups is 2. The summed E-state index contributed by atoms with van der Waals surface area (Å²) in [6.45, 7) is 3.79. The number of allylic oxidation sites excluding steroid dienone is 1. The van der Waals surface area contributed by atoms with E-state index in [4.69, 9.17) is 5.11 Å². The smallest absolute Gasteiger partial charge is 0.340 e. The van der Waals surface area contributed by atoms with E-state index < -0.39 is 5.97 Å². The summed E-state index contributed by atoms with van der Waals surface area (Å²) >= 11 is 0. The van der Waals surface area contributed by atoms with Crippen LogP contribution in [0.5, 0.6) is 0 Å². The van der Waals surface area contributed by atoms with Gasteiger partial charge in [-0.15, -0.1) is 0 Å². The van der Waals surface area contributed by atoms with Gasteiger partial charge in [-0.2, -0.15) is 0 Å². The first-order valence-electron chi connectivity index (χ1n) is 5.15. The highest BCUT2D eigenvalue weighted by molar-refractivity contribution is 6.33. The van der Waals surface area contributed by atoms with E-state index >= 15 is 0 Å². The first-order chi connectivity index (χ1) is 7.54. The molecule has 0 saturated heterocycles. The van der Waals surface area contributed by atoms with Crippen LogP contribution < -0.4 is 0 Å². The number of rotatable bonds is 2. The Morgan fingerprint density at radius 2 is 1.75 bits per heavy atom. The number of Topliss-reactive ketones (excluding diaryl/α,β-unsaturated/α-hetero) is 1. The van der Waals surface area contributed by atoms with Crippen LogP contribution in [0.3, 0.4) is 0 Å². The number of ketones is 1. The number of carboxylic acids is 1. The minimum atomic E-state index is -1.13. The van der Waals surface area contributed by atoms with Gasteiger partial charge in [0.2, 0.25) is 5.78 Å². The predicted octanol–water partition coefficient (Wildman–Crippen LogP) is 2.38. The van der Waals surface area contributed by atoms with Crippen LogP contribution in [0.15, 0.2) is 29.8 Å². The minimum Gasteiger partial charge on any atom is -0.478 e. The van der Waals surface area contributed by atoms with Crippen molar-refractivity contribution in [3.63, 3.8) is 0 Å². The molecule has 1 aliphatic rings. The molecule has 1 aromatic rings. The Morgan fingerprint density at radius 3 is 2.25 bits per heavy atom. The van der Waals surface area contributed by atoms with Crippen LogP contribution in [-0.2, 0) is 4.79 Å². The Hall–Kier alpha value is -1.90. The number of fused-ring (bicyclic) bond motifs is 1. The molecule has 82 valence electrons. The van der Waals surface area contributed by atoms with Crippen LogP contribution in [0.2, 0.25) is 0 Å². The topological polar surface area (TPSA) is 54.4 Å². The van der Waals surface area contributed by atoms with E-state index in [-0.39, 0.29) is 17.3 Å². The first kappa shape index (κ1) is 10.6. The van der Waals surface area contributed by atoms with Crippen LogP contribution >= 0.6 is 0 Å². The molecule has 0 saturated carbocycles. The molecule has 0 atom stereocenters. The molecule has 0 unspecified atom stereocenters. The van der Waals surface area contributed by atoms with E-state index in [9.17, 15) is 9.59 Å². The highest BCUT2D eigenvalue weighted by Crippen LogP contribution is 2.37.